The van der Waals surface area contributed by atoms with Crippen LogP contribution < -0.4 is 5.32 Å². The number of carbonyl (C=O) groups is 3. The quantitative estimate of drug-likeness (QED) is 0.716. The smallest absolute Gasteiger partial charge is 0.339 e. The number of methoxy groups -OCH3 is 1. The zero-order valence-corrected chi connectivity index (χ0v) is 12.1. The maximum atomic E-state index is 11.8. The molecular formula is C13H13N5O5. The van der Waals surface area contributed by atoms with E-state index in [4.69, 9.17) is 4.74 Å². The van der Waals surface area contributed by atoms with Crippen LogP contribution in [0.2, 0.25) is 0 Å². The van der Waals surface area contributed by atoms with E-state index in [0.29, 0.717) is 0 Å². The van der Waals surface area contributed by atoms with Crippen molar-refractivity contribution in [2.45, 2.75) is 6.54 Å². The van der Waals surface area contributed by atoms with Gasteiger partial charge in [0.25, 0.3) is 5.91 Å². The number of rotatable bonds is 6. The molecule has 0 aliphatic carbocycles. The molecule has 0 saturated carbocycles. The van der Waals surface area contributed by atoms with Crippen molar-refractivity contribution >= 4 is 23.5 Å². The standard InChI is InChI=1S/C13H13N5O5/c1-22-13(21)9-4-2-3-5-10(9)15-11(19)7-23-12(20)6-18-8-14-16-17-18/h2-5,8H,6-7H2,1H3,(H,15,19). The van der Waals surface area contributed by atoms with Gasteiger partial charge in [-0.15, -0.1) is 5.10 Å². The number of aromatic nitrogens is 4. The van der Waals surface area contributed by atoms with Gasteiger partial charge in [-0.1, -0.05) is 12.1 Å². The van der Waals surface area contributed by atoms with Crippen LogP contribution in [-0.4, -0.2) is 51.8 Å². The molecule has 0 saturated heterocycles. The summed E-state index contributed by atoms with van der Waals surface area (Å²) in [5.74, 6) is -1.85. The fraction of sp³-hybridized carbons (Fsp3) is 0.231. The maximum absolute atomic E-state index is 11.8. The number of nitrogens with zero attached hydrogens (tertiary/aromatic N) is 4. The number of carbonyl (C=O) groups excluding carboxylic acids is 3. The zero-order chi connectivity index (χ0) is 16.7. The summed E-state index contributed by atoms with van der Waals surface area (Å²) in [4.78, 5) is 34.9. The van der Waals surface area contributed by atoms with Crippen molar-refractivity contribution in [3.05, 3.63) is 36.2 Å². The Kier molecular flexibility index (Phi) is 5.34. The van der Waals surface area contributed by atoms with Crippen LogP contribution in [0.4, 0.5) is 5.69 Å². The van der Waals surface area contributed by atoms with E-state index in [1.54, 1.807) is 12.1 Å². The summed E-state index contributed by atoms with van der Waals surface area (Å²) in [5, 5.41) is 12.7. The lowest BCUT2D eigenvalue weighted by atomic mass is 10.2. The van der Waals surface area contributed by atoms with Crippen molar-refractivity contribution in [3.8, 4) is 0 Å². The largest absolute Gasteiger partial charge is 0.465 e. The average Bonchev–Trinajstić information content (AvgIpc) is 3.05. The SMILES string of the molecule is COC(=O)c1ccccc1NC(=O)COC(=O)Cn1cnnn1. The molecule has 0 aliphatic rings. The first-order chi connectivity index (χ1) is 11.1. The van der Waals surface area contributed by atoms with Crippen molar-refractivity contribution in [2.24, 2.45) is 0 Å². The third-order valence-corrected chi connectivity index (χ3v) is 2.65. The second kappa shape index (κ2) is 7.64. The van der Waals surface area contributed by atoms with Gasteiger partial charge in [0.1, 0.15) is 12.9 Å². The number of ether oxygens (including phenoxy) is 2. The average molecular weight is 319 g/mol. The first kappa shape index (κ1) is 16.1. The summed E-state index contributed by atoms with van der Waals surface area (Å²) >= 11 is 0. The Hall–Kier alpha value is -3.30. The summed E-state index contributed by atoms with van der Waals surface area (Å²) < 4.78 is 10.6. The monoisotopic (exact) mass is 319 g/mol. The lowest BCUT2D eigenvalue weighted by Gasteiger charge is -2.09. The van der Waals surface area contributed by atoms with Gasteiger partial charge in [-0.3, -0.25) is 9.59 Å². The Bertz CT molecular complexity index is 701. The van der Waals surface area contributed by atoms with Crippen molar-refractivity contribution in [2.75, 3.05) is 19.0 Å². The second-order valence-corrected chi connectivity index (χ2v) is 4.25. The molecule has 0 fully saturated rings. The molecule has 0 atom stereocenters. The molecule has 10 nitrogen and oxygen atoms in total. The first-order valence-electron chi connectivity index (χ1n) is 6.43. The molecule has 2 aromatic rings. The van der Waals surface area contributed by atoms with E-state index >= 15 is 0 Å². The van der Waals surface area contributed by atoms with Crippen molar-refractivity contribution < 1.29 is 23.9 Å². The second-order valence-electron chi connectivity index (χ2n) is 4.25. The van der Waals surface area contributed by atoms with Crippen LogP contribution in [0, 0.1) is 0 Å². The number of amides is 1. The highest BCUT2D eigenvalue weighted by atomic mass is 16.5. The van der Waals surface area contributed by atoms with E-state index in [1.165, 1.54) is 25.6 Å². The summed E-state index contributed by atoms with van der Waals surface area (Å²) in [6.45, 7) is -0.713. The predicted molar refractivity (Wildman–Crippen MR) is 75.2 cm³/mol. The zero-order valence-electron chi connectivity index (χ0n) is 12.1. The molecule has 0 bridgehead atoms. The number of hydrogen-bond donors (Lipinski definition) is 1. The van der Waals surface area contributed by atoms with Crippen LogP contribution in [0.3, 0.4) is 0 Å². The minimum absolute atomic E-state index is 0.198. The lowest BCUT2D eigenvalue weighted by molar-refractivity contribution is -0.148. The fourth-order valence-corrected chi connectivity index (χ4v) is 1.64. The highest BCUT2D eigenvalue weighted by molar-refractivity contribution is 6.01. The molecule has 0 aliphatic heterocycles. The van der Waals surface area contributed by atoms with Crippen molar-refractivity contribution in [3.63, 3.8) is 0 Å². The van der Waals surface area contributed by atoms with E-state index in [1.807, 2.05) is 0 Å². The van der Waals surface area contributed by atoms with Crippen molar-refractivity contribution in [1.82, 2.24) is 20.2 Å². The van der Waals surface area contributed by atoms with Gasteiger partial charge in [-0.05, 0) is 22.6 Å². The molecule has 0 radical (unpaired) electrons. The van der Waals surface area contributed by atoms with Gasteiger partial charge in [0, 0.05) is 0 Å². The number of benzene rings is 1. The molecule has 1 aromatic heterocycles. The Morgan fingerprint density at radius 2 is 2.04 bits per heavy atom. The molecule has 1 N–H and O–H groups in total. The van der Waals surface area contributed by atoms with E-state index < -0.39 is 24.5 Å². The molecule has 10 heteroatoms. The van der Waals surface area contributed by atoms with Crippen LogP contribution in [0.5, 0.6) is 0 Å². The summed E-state index contributed by atoms with van der Waals surface area (Å²) in [5.41, 5.74) is 0.462. The van der Waals surface area contributed by atoms with Crippen LogP contribution in [0.25, 0.3) is 0 Å². The first-order valence-corrected chi connectivity index (χ1v) is 6.43. The van der Waals surface area contributed by atoms with Gasteiger partial charge in [0.15, 0.2) is 6.61 Å². The summed E-state index contributed by atoms with van der Waals surface area (Å²) in [7, 11) is 1.24. The van der Waals surface area contributed by atoms with E-state index in [2.05, 4.69) is 25.6 Å². The van der Waals surface area contributed by atoms with Gasteiger partial charge in [-0.25, -0.2) is 9.48 Å². The topological polar surface area (TPSA) is 125 Å². The number of para-hydroxylation sites is 1. The van der Waals surface area contributed by atoms with Gasteiger partial charge in [0.05, 0.1) is 18.4 Å². The maximum Gasteiger partial charge on any atom is 0.339 e. The Labute approximate surface area is 130 Å². The number of hydrogen-bond acceptors (Lipinski definition) is 8. The predicted octanol–water partition coefficient (Wildman–Crippen LogP) is -0.358. The normalized spacial score (nSPS) is 9.96. The highest BCUT2D eigenvalue weighted by Crippen LogP contribution is 2.15. The van der Waals surface area contributed by atoms with E-state index in [9.17, 15) is 14.4 Å². The summed E-state index contributed by atoms with van der Waals surface area (Å²) in [6.07, 6.45) is 1.24. The van der Waals surface area contributed by atoms with Crippen LogP contribution >= 0.6 is 0 Å². The Morgan fingerprint density at radius 3 is 2.74 bits per heavy atom. The van der Waals surface area contributed by atoms with Crippen molar-refractivity contribution in [1.29, 1.82) is 0 Å². The molecule has 1 amide bonds. The third kappa shape index (κ3) is 4.59. The molecule has 1 aromatic carbocycles. The molecular weight excluding hydrogens is 306 g/mol. The molecule has 120 valence electrons. The number of tetrazole rings is 1. The molecule has 0 spiro atoms. The van der Waals surface area contributed by atoms with Crippen LogP contribution in [-0.2, 0) is 25.6 Å². The van der Waals surface area contributed by atoms with Gasteiger partial charge >= 0.3 is 11.9 Å². The highest BCUT2D eigenvalue weighted by Gasteiger charge is 2.14. The Morgan fingerprint density at radius 1 is 1.26 bits per heavy atom. The molecule has 0 unspecified atom stereocenters. The fourth-order valence-electron chi connectivity index (χ4n) is 1.64. The summed E-state index contributed by atoms with van der Waals surface area (Å²) in [6, 6.07) is 6.32. The minimum Gasteiger partial charge on any atom is -0.465 e. The number of nitrogens with one attached hydrogen (secondary N) is 1. The van der Waals surface area contributed by atoms with Crippen LogP contribution in [0.15, 0.2) is 30.6 Å². The Balaban J connectivity index is 1.88. The number of esters is 2. The van der Waals surface area contributed by atoms with Gasteiger partial charge in [-0.2, -0.15) is 0 Å². The molecule has 2 rings (SSSR count). The van der Waals surface area contributed by atoms with Gasteiger partial charge in [0.2, 0.25) is 0 Å². The van der Waals surface area contributed by atoms with E-state index in [-0.39, 0.29) is 17.8 Å². The van der Waals surface area contributed by atoms with Crippen LogP contribution in [0.1, 0.15) is 10.4 Å². The lowest BCUT2D eigenvalue weighted by Crippen LogP contribution is -2.24. The third-order valence-electron chi connectivity index (χ3n) is 2.65. The molecule has 1 heterocycles. The van der Waals surface area contributed by atoms with Gasteiger partial charge < -0.3 is 14.8 Å². The minimum atomic E-state index is -0.672. The molecule has 23 heavy (non-hydrogen) atoms. The number of anilines is 1. The van der Waals surface area contributed by atoms with E-state index in [0.717, 1.165) is 4.68 Å².